The Bertz CT molecular complexity index is 652. The van der Waals surface area contributed by atoms with Crippen LogP contribution in [-0.4, -0.2) is 52.6 Å². The number of aryl methyl sites for hydroxylation is 1. The molecule has 1 aliphatic rings. The summed E-state index contributed by atoms with van der Waals surface area (Å²) >= 11 is 0. The molecule has 1 aromatic carbocycles. The molecule has 1 atom stereocenters. The van der Waals surface area contributed by atoms with Gasteiger partial charge in [0.05, 0.1) is 6.04 Å². The molecule has 1 N–H and O–H groups in total. The Morgan fingerprint density at radius 1 is 1.30 bits per heavy atom. The number of aromatic amines is 1. The lowest BCUT2D eigenvalue weighted by atomic mass is 10.0. The summed E-state index contributed by atoms with van der Waals surface area (Å²) in [5, 5.41) is 7.21. The normalized spacial score (nSPS) is 19.0. The first-order chi connectivity index (χ1) is 11.2. The van der Waals surface area contributed by atoms with E-state index >= 15 is 0 Å². The lowest BCUT2D eigenvalue weighted by Gasteiger charge is -2.40. The highest BCUT2D eigenvalue weighted by molar-refractivity contribution is 5.92. The fourth-order valence-corrected chi connectivity index (χ4v) is 3.14. The maximum atomic E-state index is 12.9. The van der Waals surface area contributed by atoms with E-state index in [2.05, 4.69) is 41.2 Å². The van der Waals surface area contributed by atoms with Gasteiger partial charge in [-0.3, -0.25) is 9.89 Å². The van der Waals surface area contributed by atoms with Gasteiger partial charge in [0.25, 0.3) is 5.91 Å². The fraction of sp³-hybridized carbons (Fsp3) is 0.444. The Kier molecular flexibility index (Phi) is 4.76. The molecule has 0 bridgehead atoms. The smallest absolute Gasteiger partial charge is 0.274 e. The Morgan fingerprint density at radius 3 is 2.83 bits per heavy atom. The molecule has 1 amide bonds. The molecule has 0 aliphatic carbocycles. The van der Waals surface area contributed by atoms with Gasteiger partial charge in [-0.1, -0.05) is 43.7 Å². The predicted molar refractivity (Wildman–Crippen MR) is 90.3 cm³/mol. The third-order valence-corrected chi connectivity index (χ3v) is 4.40. The molecule has 122 valence electrons. The summed E-state index contributed by atoms with van der Waals surface area (Å²) in [5.74, 6) is 0.0190. The molecule has 0 saturated carbocycles. The molecule has 1 aliphatic heterocycles. The molecule has 1 fully saturated rings. The van der Waals surface area contributed by atoms with Gasteiger partial charge < -0.3 is 9.80 Å². The minimum Gasteiger partial charge on any atom is -0.328 e. The average molecular weight is 312 g/mol. The quantitative estimate of drug-likeness (QED) is 0.943. The van der Waals surface area contributed by atoms with E-state index in [9.17, 15) is 4.79 Å². The van der Waals surface area contributed by atoms with Gasteiger partial charge in [0, 0.05) is 25.3 Å². The van der Waals surface area contributed by atoms with Crippen LogP contribution in [0.25, 0.3) is 0 Å². The van der Waals surface area contributed by atoms with E-state index in [0.717, 1.165) is 38.2 Å². The number of rotatable bonds is 4. The van der Waals surface area contributed by atoms with Crippen LogP contribution < -0.4 is 0 Å². The van der Waals surface area contributed by atoms with Crippen LogP contribution in [0.15, 0.2) is 36.4 Å². The van der Waals surface area contributed by atoms with E-state index in [4.69, 9.17) is 0 Å². The third kappa shape index (κ3) is 3.45. The zero-order valence-electron chi connectivity index (χ0n) is 13.8. The number of nitrogens with one attached hydrogen (secondary N) is 1. The van der Waals surface area contributed by atoms with Crippen LogP contribution in [0.4, 0.5) is 0 Å². The van der Waals surface area contributed by atoms with Crippen molar-refractivity contribution in [1.29, 1.82) is 0 Å². The number of hydrogen-bond acceptors (Lipinski definition) is 3. The molecule has 5 heteroatoms. The number of carbonyl (C=O) groups excluding carboxylic acids is 1. The van der Waals surface area contributed by atoms with Gasteiger partial charge >= 0.3 is 0 Å². The molecule has 2 heterocycles. The van der Waals surface area contributed by atoms with Gasteiger partial charge in [-0.05, 0) is 25.1 Å². The number of nitrogens with zero attached hydrogens (tertiary/aromatic N) is 3. The van der Waals surface area contributed by atoms with Crippen molar-refractivity contribution in [3.63, 3.8) is 0 Å². The highest BCUT2D eigenvalue weighted by Gasteiger charge is 2.31. The van der Waals surface area contributed by atoms with Gasteiger partial charge in [-0.25, -0.2) is 0 Å². The number of carbonyl (C=O) groups is 1. The number of likely N-dealkylation sites (N-methyl/N-ethyl adjacent to an activating group) is 1. The summed E-state index contributed by atoms with van der Waals surface area (Å²) in [6.07, 6.45) is 1.96. The van der Waals surface area contributed by atoms with Crippen LogP contribution in [0.3, 0.4) is 0 Å². The maximum absolute atomic E-state index is 12.9. The number of amides is 1. The molecule has 0 spiro atoms. The lowest BCUT2D eigenvalue weighted by molar-refractivity contribution is 0.0492. The third-order valence-electron chi connectivity index (χ3n) is 4.40. The largest absolute Gasteiger partial charge is 0.328 e. The number of benzene rings is 1. The highest BCUT2D eigenvalue weighted by atomic mass is 16.2. The SMILES string of the molecule is CCCc1cc(C(=O)N2CCN(C)C[C@@H]2c2ccccc2)n[nH]1. The molecule has 3 rings (SSSR count). The van der Waals surface area contributed by atoms with Crippen molar-refractivity contribution in [3.05, 3.63) is 53.3 Å². The van der Waals surface area contributed by atoms with Gasteiger partial charge in [-0.15, -0.1) is 0 Å². The first-order valence-electron chi connectivity index (χ1n) is 8.27. The van der Waals surface area contributed by atoms with Gasteiger partial charge in [0.1, 0.15) is 5.69 Å². The monoisotopic (exact) mass is 312 g/mol. The summed E-state index contributed by atoms with van der Waals surface area (Å²) in [5.41, 5.74) is 2.73. The van der Waals surface area contributed by atoms with E-state index in [1.165, 1.54) is 5.56 Å². The molecule has 23 heavy (non-hydrogen) atoms. The van der Waals surface area contributed by atoms with Crippen LogP contribution in [0.5, 0.6) is 0 Å². The van der Waals surface area contributed by atoms with Crippen molar-refractivity contribution in [3.8, 4) is 0 Å². The zero-order valence-corrected chi connectivity index (χ0v) is 13.8. The van der Waals surface area contributed by atoms with Crippen molar-refractivity contribution < 1.29 is 4.79 Å². The van der Waals surface area contributed by atoms with Crippen molar-refractivity contribution in [2.45, 2.75) is 25.8 Å². The number of hydrogen-bond donors (Lipinski definition) is 1. The second-order valence-electron chi connectivity index (χ2n) is 6.22. The second-order valence-corrected chi connectivity index (χ2v) is 6.22. The predicted octanol–water partition coefficient (Wildman–Crippen LogP) is 2.49. The van der Waals surface area contributed by atoms with Crippen LogP contribution in [0.2, 0.25) is 0 Å². The summed E-state index contributed by atoms with van der Waals surface area (Å²) in [7, 11) is 2.10. The lowest BCUT2D eigenvalue weighted by Crippen LogP contribution is -2.49. The highest BCUT2D eigenvalue weighted by Crippen LogP contribution is 2.26. The number of piperazine rings is 1. The Balaban J connectivity index is 1.84. The minimum absolute atomic E-state index is 0.0190. The summed E-state index contributed by atoms with van der Waals surface area (Å²) in [6, 6.07) is 12.2. The Hall–Kier alpha value is -2.14. The van der Waals surface area contributed by atoms with Crippen molar-refractivity contribution in [2.24, 2.45) is 0 Å². The van der Waals surface area contributed by atoms with Gasteiger partial charge in [0.15, 0.2) is 0 Å². The van der Waals surface area contributed by atoms with Crippen LogP contribution in [0.1, 0.15) is 41.1 Å². The molecule has 0 radical (unpaired) electrons. The molecule has 1 saturated heterocycles. The maximum Gasteiger partial charge on any atom is 0.274 e. The van der Waals surface area contributed by atoms with Crippen LogP contribution >= 0.6 is 0 Å². The first kappa shape index (κ1) is 15.7. The number of H-pyrrole nitrogens is 1. The fourth-order valence-electron chi connectivity index (χ4n) is 3.14. The molecular weight excluding hydrogens is 288 g/mol. The number of aromatic nitrogens is 2. The summed E-state index contributed by atoms with van der Waals surface area (Å²) in [4.78, 5) is 17.2. The molecule has 2 aromatic rings. The van der Waals surface area contributed by atoms with E-state index in [-0.39, 0.29) is 11.9 Å². The average Bonchev–Trinajstić information content (AvgIpc) is 3.04. The molecule has 0 unspecified atom stereocenters. The van der Waals surface area contributed by atoms with Crippen molar-refractivity contribution in [2.75, 3.05) is 26.7 Å². The first-order valence-corrected chi connectivity index (χ1v) is 8.27. The van der Waals surface area contributed by atoms with E-state index in [1.54, 1.807) is 0 Å². The summed E-state index contributed by atoms with van der Waals surface area (Å²) < 4.78 is 0. The Labute approximate surface area is 137 Å². The van der Waals surface area contributed by atoms with E-state index in [1.807, 2.05) is 29.2 Å². The second kappa shape index (κ2) is 6.96. The summed E-state index contributed by atoms with van der Waals surface area (Å²) in [6.45, 7) is 4.59. The van der Waals surface area contributed by atoms with Crippen molar-refractivity contribution >= 4 is 5.91 Å². The molecule has 5 nitrogen and oxygen atoms in total. The van der Waals surface area contributed by atoms with Gasteiger partial charge in [-0.2, -0.15) is 5.10 Å². The van der Waals surface area contributed by atoms with E-state index < -0.39 is 0 Å². The van der Waals surface area contributed by atoms with E-state index in [0.29, 0.717) is 5.69 Å². The Morgan fingerprint density at radius 2 is 2.09 bits per heavy atom. The topological polar surface area (TPSA) is 52.2 Å². The van der Waals surface area contributed by atoms with Crippen LogP contribution in [0, 0.1) is 0 Å². The molecule has 1 aromatic heterocycles. The minimum atomic E-state index is 0.0190. The standard InChI is InChI=1S/C18H24N4O/c1-3-7-15-12-16(20-19-15)18(23)22-11-10-21(2)13-17(22)14-8-5-4-6-9-14/h4-6,8-9,12,17H,3,7,10-11,13H2,1-2H3,(H,19,20)/t17-/m1/s1. The zero-order chi connectivity index (χ0) is 16.2. The van der Waals surface area contributed by atoms with Crippen LogP contribution in [-0.2, 0) is 6.42 Å². The molecular formula is C18H24N4O. The van der Waals surface area contributed by atoms with Gasteiger partial charge in [0.2, 0.25) is 0 Å². The van der Waals surface area contributed by atoms with Crippen molar-refractivity contribution in [1.82, 2.24) is 20.0 Å².